The molecule has 1 N–H and O–H groups in total. The molecule has 0 atom stereocenters. The summed E-state index contributed by atoms with van der Waals surface area (Å²) in [5, 5.41) is 2.81. The minimum absolute atomic E-state index is 0.210. The first-order chi connectivity index (χ1) is 11.9. The van der Waals surface area contributed by atoms with Gasteiger partial charge in [0.25, 0.3) is 5.91 Å². The zero-order valence-corrected chi connectivity index (χ0v) is 15.3. The molecule has 0 spiro atoms. The van der Waals surface area contributed by atoms with Gasteiger partial charge >= 0.3 is 0 Å². The van der Waals surface area contributed by atoms with Crippen molar-refractivity contribution >= 4 is 21.6 Å². The highest BCUT2D eigenvalue weighted by Crippen LogP contribution is 2.22. The van der Waals surface area contributed by atoms with Crippen LogP contribution in [0.25, 0.3) is 0 Å². The smallest absolute Gasteiger partial charge is 0.255 e. The minimum atomic E-state index is -3.43. The molecule has 5 nitrogen and oxygen atoms in total. The number of nitrogens with zero attached hydrogens (tertiary/aromatic N) is 1. The Labute approximate surface area is 148 Å². The molecule has 1 heterocycles. The number of aryl methyl sites for hydroxylation is 2. The average molecular weight is 358 g/mol. The Kier molecular flexibility index (Phi) is 4.92. The second-order valence-electron chi connectivity index (χ2n) is 6.39. The van der Waals surface area contributed by atoms with Crippen LogP contribution >= 0.6 is 0 Å². The Morgan fingerprint density at radius 1 is 0.960 bits per heavy atom. The predicted molar refractivity (Wildman–Crippen MR) is 98.3 cm³/mol. The number of rotatable bonds is 4. The molecule has 1 saturated heterocycles. The van der Waals surface area contributed by atoms with Gasteiger partial charge in [0.05, 0.1) is 4.90 Å². The molecule has 1 aliphatic rings. The maximum absolute atomic E-state index is 12.5. The van der Waals surface area contributed by atoms with E-state index in [2.05, 4.69) is 5.32 Å². The molecule has 1 fully saturated rings. The summed E-state index contributed by atoms with van der Waals surface area (Å²) in [7, 11) is -3.43. The van der Waals surface area contributed by atoms with Crippen molar-refractivity contribution in [3.8, 4) is 0 Å². The fraction of sp³-hybridized carbons (Fsp3) is 0.316. The predicted octanol–water partition coefficient (Wildman–Crippen LogP) is 3.34. The molecule has 0 unspecified atom stereocenters. The number of carbonyl (C=O) groups excluding carboxylic acids is 1. The van der Waals surface area contributed by atoms with Crippen molar-refractivity contribution in [3.63, 3.8) is 0 Å². The van der Waals surface area contributed by atoms with E-state index in [1.54, 1.807) is 30.3 Å². The van der Waals surface area contributed by atoms with Crippen molar-refractivity contribution in [2.24, 2.45) is 0 Å². The van der Waals surface area contributed by atoms with Crippen LogP contribution in [-0.4, -0.2) is 31.7 Å². The fourth-order valence-corrected chi connectivity index (χ4v) is 4.39. The van der Waals surface area contributed by atoms with Crippen molar-refractivity contribution in [1.29, 1.82) is 0 Å². The van der Waals surface area contributed by atoms with Gasteiger partial charge < -0.3 is 5.32 Å². The molecule has 132 valence electrons. The van der Waals surface area contributed by atoms with Crippen LogP contribution in [0.4, 0.5) is 5.69 Å². The van der Waals surface area contributed by atoms with E-state index in [1.807, 2.05) is 26.0 Å². The molecule has 0 aromatic heterocycles. The quantitative estimate of drug-likeness (QED) is 0.911. The van der Waals surface area contributed by atoms with Crippen LogP contribution in [0.1, 0.15) is 34.3 Å². The largest absolute Gasteiger partial charge is 0.322 e. The molecule has 1 aliphatic heterocycles. The number of hydrogen-bond acceptors (Lipinski definition) is 3. The number of benzene rings is 2. The summed E-state index contributed by atoms with van der Waals surface area (Å²) in [5.41, 5.74) is 3.34. The molecule has 0 saturated carbocycles. The number of sulfonamides is 1. The summed E-state index contributed by atoms with van der Waals surface area (Å²) in [6, 6.07) is 11.9. The van der Waals surface area contributed by atoms with Crippen LogP contribution in [-0.2, 0) is 10.0 Å². The molecule has 6 heteroatoms. The van der Waals surface area contributed by atoms with E-state index in [-0.39, 0.29) is 10.8 Å². The third kappa shape index (κ3) is 3.75. The molecule has 3 rings (SSSR count). The summed E-state index contributed by atoms with van der Waals surface area (Å²) in [4.78, 5) is 12.6. The first-order valence-electron chi connectivity index (χ1n) is 8.37. The molecule has 1 amide bonds. The monoisotopic (exact) mass is 358 g/mol. The Morgan fingerprint density at radius 2 is 1.60 bits per heavy atom. The highest BCUT2D eigenvalue weighted by atomic mass is 32.2. The number of carbonyl (C=O) groups is 1. The maximum Gasteiger partial charge on any atom is 0.255 e. The first-order valence-corrected chi connectivity index (χ1v) is 9.81. The van der Waals surface area contributed by atoms with Crippen molar-refractivity contribution < 1.29 is 13.2 Å². The lowest BCUT2D eigenvalue weighted by atomic mass is 10.1. The minimum Gasteiger partial charge on any atom is -0.322 e. The lowest BCUT2D eigenvalue weighted by Crippen LogP contribution is -2.27. The fourth-order valence-electron chi connectivity index (χ4n) is 2.87. The Hall–Kier alpha value is -2.18. The summed E-state index contributed by atoms with van der Waals surface area (Å²) in [6.45, 7) is 5.11. The molecule has 0 radical (unpaired) electrons. The third-order valence-electron chi connectivity index (χ3n) is 4.58. The van der Waals surface area contributed by atoms with E-state index < -0.39 is 10.0 Å². The van der Waals surface area contributed by atoms with Crippen molar-refractivity contribution in [3.05, 3.63) is 59.2 Å². The Balaban J connectivity index is 1.74. The van der Waals surface area contributed by atoms with Crippen LogP contribution in [0.5, 0.6) is 0 Å². The topological polar surface area (TPSA) is 66.5 Å². The van der Waals surface area contributed by atoms with Gasteiger partial charge in [0, 0.05) is 24.3 Å². The van der Waals surface area contributed by atoms with Gasteiger partial charge in [0.2, 0.25) is 10.0 Å². The lowest BCUT2D eigenvalue weighted by Gasteiger charge is -2.15. The van der Waals surface area contributed by atoms with Crippen molar-refractivity contribution in [2.75, 3.05) is 18.4 Å². The van der Waals surface area contributed by atoms with Crippen LogP contribution in [0.2, 0.25) is 0 Å². The molecule has 0 aliphatic carbocycles. The van der Waals surface area contributed by atoms with Gasteiger partial charge in [-0.25, -0.2) is 8.42 Å². The number of hydrogen-bond donors (Lipinski definition) is 1. The average Bonchev–Trinajstić information content (AvgIpc) is 3.13. The van der Waals surface area contributed by atoms with Gasteiger partial charge in [-0.05, 0) is 74.2 Å². The molecular weight excluding hydrogens is 336 g/mol. The molecule has 0 bridgehead atoms. The Morgan fingerprint density at radius 3 is 2.20 bits per heavy atom. The van der Waals surface area contributed by atoms with Gasteiger partial charge in [0.15, 0.2) is 0 Å². The van der Waals surface area contributed by atoms with Gasteiger partial charge in [-0.3, -0.25) is 4.79 Å². The summed E-state index contributed by atoms with van der Waals surface area (Å²) in [6.07, 6.45) is 1.81. The highest BCUT2D eigenvalue weighted by molar-refractivity contribution is 7.89. The van der Waals surface area contributed by atoms with Crippen LogP contribution in [0.3, 0.4) is 0 Å². The van der Waals surface area contributed by atoms with Crippen LogP contribution in [0, 0.1) is 13.8 Å². The van der Waals surface area contributed by atoms with Gasteiger partial charge in [-0.1, -0.05) is 6.07 Å². The van der Waals surface area contributed by atoms with Crippen molar-refractivity contribution in [1.82, 2.24) is 4.31 Å². The van der Waals surface area contributed by atoms with Gasteiger partial charge in [0.1, 0.15) is 0 Å². The summed E-state index contributed by atoms with van der Waals surface area (Å²) in [5.74, 6) is -0.210. The van der Waals surface area contributed by atoms with E-state index >= 15 is 0 Å². The van der Waals surface area contributed by atoms with E-state index in [9.17, 15) is 13.2 Å². The zero-order valence-electron chi connectivity index (χ0n) is 14.5. The first kappa shape index (κ1) is 17.6. The summed E-state index contributed by atoms with van der Waals surface area (Å²) < 4.78 is 26.5. The maximum atomic E-state index is 12.5. The summed E-state index contributed by atoms with van der Waals surface area (Å²) >= 11 is 0. The molecule has 2 aromatic rings. The lowest BCUT2D eigenvalue weighted by molar-refractivity contribution is 0.102. The Bertz CT molecular complexity index is 883. The zero-order chi connectivity index (χ0) is 18.0. The molecule has 25 heavy (non-hydrogen) atoms. The van der Waals surface area contributed by atoms with E-state index in [1.165, 1.54) is 4.31 Å². The third-order valence-corrected chi connectivity index (χ3v) is 6.50. The normalized spacial score (nSPS) is 15.3. The van der Waals surface area contributed by atoms with Gasteiger partial charge in [-0.2, -0.15) is 4.31 Å². The second kappa shape index (κ2) is 6.98. The standard InChI is InChI=1S/C19H22N2O3S/c1-14-5-6-16(13-15(14)2)19(22)20-17-7-9-18(10-8-17)25(23,24)21-11-3-4-12-21/h5-10,13H,3-4,11-12H2,1-2H3,(H,20,22). The molecule has 2 aromatic carbocycles. The second-order valence-corrected chi connectivity index (χ2v) is 8.33. The van der Waals surface area contributed by atoms with Gasteiger partial charge in [-0.15, -0.1) is 0 Å². The number of amides is 1. The van der Waals surface area contributed by atoms with Crippen LogP contribution < -0.4 is 5.32 Å². The van der Waals surface area contributed by atoms with E-state index in [0.29, 0.717) is 24.3 Å². The van der Waals surface area contributed by atoms with E-state index in [4.69, 9.17) is 0 Å². The SMILES string of the molecule is Cc1ccc(C(=O)Nc2ccc(S(=O)(=O)N3CCCC3)cc2)cc1C. The highest BCUT2D eigenvalue weighted by Gasteiger charge is 2.26. The number of nitrogens with one attached hydrogen (secondary N) is 1. The number of anilines is 1. The van der Waals surface area contributed by atoms with Crippen LogP contribution in [0.15, 0.2) is 47.4 Å². The van der Waals surface area contributed by atoms with Crippen molar-refractivity contribution in [2.45, 2.75) is 31.6 Å². The van der Waals surface area contributed by atoms with E-state index in [0.717, 1.165) is 24.0 Å². The molecular formula is C19H22N2O3S.